The number of nitro benzene ring substituents is 1. The van der Waals surface area contributed by atoms with E-state index in [4.69, 9.17) is 0 Å². The molecule has 0 unspecified atom stereocenters. The maximum atomic E-state index is 10.5. The molecular weight excluding hydrogens is 218 g/mol. The number of nitro groups is 1. The van der Waals surface area contributed by atoms with Gasteiger partial charge in [-0.15, -0.1) is 0 Å². The fraction of sp³-hybridized carbons (Fsp3) is 0.500. The molecular formula is C12H19N3O2. The molecule has 0 spiro atoms. The smallest absolute Gasteiger partial charge is 0.269 e. The summed E-state index contributed by atoms with van der Waals surface area (Å²) in [7, 11) is 4.08. The minimum absolute atomic E-state index is 0.148. The Balaban J connectivity index is 2.25. The number of benzene rings is 1. The molecule has 0 saturated carbocycles. The second kappa shape index (κ2) is 6.98. The Morgan fingerprint density at radius 2 is 1.88 bits per heavy atom. The van der Waals surface area contributed by atoms with E-state index < -0.39 is 0 Å². The maximum Gasteiger partial charge on any atom is 0.269 e. The molecule has 1 aromatic carbocycles. The SMILES string of the molecule is CN(C)CCNCCc1ccc([N+](=O)[O-])cc1. The van der Waals surface area contributed by atoms with Crippen LogP contribution >= 0.6 is 0 Å². The van der Waals surface area contributed by atoms with Gasteiger partial charge in [0.2, 0.25) is 0 Å². The number of nitrogens with zero attached hydrogens (tertiary/aromatic N) is 2. The van der Waals surface area contributed by atoms with Gasteiger partial charge in [0.1, 0.15) is 0 Å². The van der Waals surface area contributed by atoms with Gasteiger partial charge < -0.3 is 10.2 Å². The summed E-state index contributed by atoms with van der Waals surface area (Å²) in [6.45, 7) is 2.87. The molecule has 5 nitrogen and oxygen atoms in total. The molecule has 0 atom stereocenters. The van der Waals surface area contributed by atoms with Crippen molar-refractivity contribution in [1.82, 2.24) is 10.2 Å². The van der Waals surface area contributed by atoms with E-state index in [9.17, 15) is 10.1 Å². The molecule has 0 radical (unpaired) electrons. The van der Waals surface area contributed by atoms with Crippen molar-refractivity contribution in [2.24, 2.45) is 0 Å². The summed E-state index contributed by atoms with van der Waals surface area (Å²) in [6.07, 6.45) is 0.894. The lowest BCUT2D eigenvalue weighted by molar-refractivity contribution is -0.384. The highest BCUT2D eigenvalue weighted by Gasteiger charge is 2.03. The van der Waals surface area contributed by atoms with Gasteiger partial charge in [-0.2, -0.15) is 0 Å². The van der Waals surface area contributed by atoms with Crippen molar-refractivity contribution in [3.05, 3.63) is 39.9 Å². The summed E-state index contributed by atoms with van der Waals surface area (Å²) >= 11 is 0. The Morgan fingerprint density at radius 1 is 1.24 bits per heavy atom. The van der Waals surface area contributed by atoms with E-state index in [2.05, 4.69) is 10.2 Å². The summed E-state index contributed by atoms with van der Waals surface area (Å²) in [5, 5.41) is 13.8. The zero-order valence-corrected chi connectivity index (χ0v) is 10.3. The second-order valence-electron chi connectivity index (χ2n) is 4.23. The fourth-order valence-electron chi connectivity index (χ4n) is 1.44. The zero-order chi connectivity index (χ0) is 12.7. The third kappa shape index (κ3) is 5.42. The first-order chi connectivity index (χ1) is 8.09. The summed E-state index contributed by atoms with van der Waals surface area (Å²) in [5.41, 5.74) is 1.27. The molecule has 0 aromatic heterocycles. The van der Waals surface area contributed by atoms with Crippen LogP contribution in [0.2, 0.25) is 0 Å². The van der Waals surface area contributed by atoms with Crippen LogP contribution in [0.4, 0.5) is 5.69 Å². The van der Waals surface area contributed by atoms with Gasteiger partial charge in [-0.25, -0.2) is 0 Å². The molecule has 0 amide bonds. The van der Waals surface area contributed by atoms with E-state index in [0.717, 1.165) is 31.6 Å². The quantitative estimate of drug-likeness (QED) is 0.441. The molecule has 1 aromatic rings. The molecule has 0 aliphatic carbocycles. The number of rotatable bonds is 7. The molecule has 0 aliphatic rings. The van der Waals surface area contributed by atoms with Crippen molar-refractivity contribution in [3.8, 4) is 0 Å². The molecule has 94 valence electrons. The van der Waals surface area contributed by atoms with Crippen molar-refractivity contribution in [2.75, 3.05) is 33.7 Å². The van der Waals surface area contributed by atoms with Gasteiger partial charge >= 0.3 is 0 Å². The zero-order valence-electron chi connectivity index (χ0n) is 10.3. The third-order valence-electron chi connectivity index (χ3n) is 2.47. The summed E-state index contributed by atoms with van der Waals surface area (Å²) in [4.78, 5) is 12.2. The molecule has 0 bridgehead atoms. The average molecular weight is 237 g/mol. The fourth-order valence-corrected chi connectivity index (χ4v) is 1.44. The molecule has 0 saturated heterocycles. The van der Waals surface area contributed by atoms with Crippen LogP contribution in [-0.4, -0.2) is 43.6 Å². The number of nitrogens with one attached hydrogen (secondary N) is 1. The maximum absolute atomic E-state index is 10.5. The van der Waals surface area contributed by atoms with Crippen LogP contribution in [0.5, 0.6) is 0 Å². The first kappa shape index (κ1) is 13.6. The summed E-state index contributed by atoms with van der Waals surface area (Å²) in [5.74, 6) is 0. The first-order valence-corrected chi connectivity index (χ1v) is 5.68. The highest BCUT2D eigenvalue weighted by molar-refractivity contribution is 5.32. The van der Waals surface area contributed by atoms with Crippen LogP contribution in [0.3, 0.4) is 0 Å². The lowest BCUT2D eigenvalue weighted by Gasteiger charge is -2.10. The number of non-ortho nitro benzene ring substituents is 1. The van der Waals surface area contributed by atoms with Gasteiger partial charge in [0.05, 0.1) is 4.92 Å². The topological polar surface area (TPSA) is 58.4 Å². The van der Waals surface area contributed by atoms with E-state index in [0.29, 0.717) is 0 Å². The van der Waals surface area contributed by atoms with E-state index in [-0.39, 0.29) is 10.6 Å². The van der Waals surface area contributed by atoms with Gasteiger partial charge in [0, 0.05) is 25.2 Å². The Labute approximate surface area is 102 Å². The van der Waals surface area contributed by atoms with Crippen molar-refractivity contribution in [3.63, 3.8) is 0 Å². The van der Waals surface area contributed by atoms with Crippen LogP contribution in [0.1, 0.15) is 5.56 Å². The van der Waals surface area contributed by atoms with Crippen LogP contribution in [0.25, 0.3) is 0 Å². The molecule has 5 heteroatoms. The highest BCUT2D eigenvalue weighted by atomic mass is 16.6. The minimum atomic E-state index is -0.376. The summed E-state index contributed by atoms with van der Waals surface area (Å²) < 4.78 is 0. The number of hydrogen-bond donors (Lipinski definition) is 1. The van der Waals surface area contributed by atoms with E-state index in [1.165, 1.54) is 0 Å². The van der Waals surface area contributed by atoms with Crippen LogP contribution in [0.15, 0.2) is 24.3 Å². The number of hydrogen-bond acceptors (Lipinski definition) is 4. The third-order valence-corrected chi connectivity index (χ3v) is 2.47. The van der Waals surface area contributed by atoms with Gasteiger partial charge in [-0.3, -0.25) is 10.1 Å². The first-order valence-electron chi connectivity index (χ1n) is 5.68. The Morgan fingerprint density at radius 3 is 2.41 bits per heavy atom. The second-order valence-corrected chi connectivity index (χ2v) is 4.23. The van der Waals surface area contributed by atoms with Crippen molar-refractivity contribution in [2.45, 2.75) is 6.42 Å². The van der Waals surface area contributed by atoms with Gasteiger partial charge in [-0.1, -0.05) is 12.1 Å². The average Bonchev–Trinajstić information content (AvgIpc) is 2.29. The van der Waals surface area contributed by atoms with Gasteiger partial charge in [0.15, 0.2) is 0 Å². The lowest BCUT2D eigenvalue weighted by Crippen LogP contribution is -2.27. The van der Waals surface area contributed by atoms with Crippen molar-refractivity contribution in [1.29, 1.82) is 0 Å². The van der Waals surface area contributed by atoms with E-state index in [1.54, 1.807) is 12.1 Å². The van der Waals surface area contributed by atoms with Gasteiger partial charge in [0.25, 0.3) is 5.69 Å². The van der Waals surface area contributed by atoms with Crippen LogP contribution in [0, 0.1) is 10.1 Å². The Bertz CT molecular complexity index is 349. The van der Waals surface area contributed by atoms with Crippen molar-refractivity contribution < 1.29 is 4.92 Å². The van der Waals surface area contributed by atoms with Crippen LogP contribution in [-0.2, 0) is 6.42 Å². The monoisotopic (exact) mass is 237 g/mol. The molecule has 17 heavy (non-hydrogen) atoms. The predicted octanol–water partition coefficient (Wildman–Crippen LogP) is 1.29. The van der Waals surface area contributed by atoms with Crippen LogP contribution < -0.4 is 5.32 Å². The number of likely N-dealkylation sites (N-methyl/N-ethyl adjacent to an activating group) is 1. The minimum Gasteiger partial charge on any atom is -0.315 e. The lowest BCUT2D eigenvalue weighted by atomic mass is 10.1. The highest BCUT2D eigenvalue weighted by Crippen LogP contribution is 2.11. The molecule has 1 N–H and O–H groups in total. The molecule has 0 heterocycles. The molecule has 0 aliphatic heterocycles. The van der Waals surface area contributed by atoms with E-state index in [1.807, 2.05) is 26.2 Å². The molecule has 1 rings (SSSR count). The summed E-state index contributed by atoms with van der Waals surface area (Å²) in [6, 6.07) is 6.72. The standard InChI is InChI=1S/C12H19N3O2/c1-14(2)10-9-13-8-7-11-3-5-12(6-4-11)15(16)17/h3-6,13H,7-10H2,1-2H3. The predicted molar refractivity (Wildman–Crippen MR) is 68.2 cm³/mol. The van der Waals surface area contributed by atoms with E-state index >= 15 is 0 Å². The Hall–Kier alpha value is -1.46. The Kier molecular flexibility index (Phi) is 5.59. The largest absolute Gasteiger partial charge is 0.315 e. The normalized spacial score (nSPS) is 10.8. The molecule has 0 fully saturated rings. The van der Waals surface area contributed by atoms with Gasteiger partial charge in [-0.05, 0) is 32.6 Å². The van der Waals surface area contributed by atoms with Crippen molar-refractivity contribution >= 4 is 5.69 Å².